The Balaban J connectivity index is 1.75. The van der Waals surface area contributed by atoms with Crippen molar-refractivity contribution in [3.63, 3.8) is 0 Å². The molecule has 2 aromatic heterocycles. The van der Waals surface area contributed by atoms with E-state index in [0.29, 0.717) is 0 Å². The van der Waals surface area contributed by atoms with Crippen molar-refractivity contribution in [2.45, 2.75) is 13.2 Å². The van der Waals surface area contributed by atoms with Crippen molar-refractivity contribution in [1.82, 2.24) is 19.6 Å². The Morgan fingerprint density at radius 2 is 1.13 bits per heavy atom. The number of aromatic nitrogens is 4. The highest BCUT2D eigenvalue weighted by atomic mass is 35.5. The highest BCUT2D eigenvalue weighted by molar-refractivity contribution is 7.58. The fourth-order valence-electron chi connectivity index (χ4n) is 3.72. The van der Waals surface area contributed by atoms with Crippen LogP contribution in [0.3, 0.4) is 0 Å². The molecule has 0 saturated carbocycles. The molecule has 0 aliphatic rings. The molecule has 4 aromatic rings. The van der Waals surface area contributed by atoms with Gasteiger partial charge in [-0.05, 0) is 24.3 Å². The first kappa shape index (κ1) is 34.9. The molecule has 0 aliphatic carbocycles. The Hall–Kier alpha value is -2.94. The lowest BCUT2D eigenvalue weighted by molar-refractivity contribution is -0.0558. The summed E-state index contributed by atoms with van der Waals surface area (Å²) in [6, 6.07) is 3.24. The van der Waals surface area contributed by atoms with Crippen molar-refractivity contribution >= 4 is 65.6 Å². The van der Waals surface area contributed by atoms with Gasteiger partial charge in [0, 0.05) is 30.8 Å². The molecule has 2 aromatic carbocycles. The summed E-state index contributed by atoms with van der Waals surface area (Å²) in [7, 11) is -2.22. The summed E-state index contributed by atoms with van der Waals surface area (Å²) in [5.74, 6) is -3.49. The van der Waals surface area contributed by atoms with Gasteiger partial charge in [-0.15, -0.1) is 0 Å². The molecule has 0 aliphatic heterocycles. The van der Waals surface area contributed by atoms with Crippen LogP contribution in [0.4, 0.5) is 26.3 Å². The van der Waals surface area contributed by atoms with Crippen LogP contribution in [0, 0.1) is 11.6 Å². The molecule has 0 spiro atoms. The SMILES string of the molecule is Cn1nc(-c2cc(OP(=O)(C=CCl)Oc3cc(-c4nn(C)c(OC(F)F)c4Cl)c(F)cc3Cl)c(Cl)cc2F)c(Cl)c1OC(F)F. The minimum atomic E-state index is -4.63. The van der Waals surface area contributed by atoms with E-state index in [1.807, 2.05) is 0 Å². The maximum absolute atomic E-state index is 15.0. The van der Waals surface area contributed by atoms with Gasteiger partial charge in [-0.2, -0.15) is 27.8 Å². The average Bonchev–Trinajstić information content (AvgIpc) is 3.36. The molecular formula is C24H14Cl5F6N4O5P. The van der Waals surface area contributed by atoms with Crippen molar-refractivity contribution in [2.24, 2.45) is 14.1 Å². The number of hydrogen-bond acceptors (Lipinski definition) is 7. The zero-order valence-corrected chi connectivity index (χ0v) is 26.7. The number of benzene rings is 2. The number of alkyl halides is 4. The standard InChI is InChI=1S/C24H14Cl5F6N4O5P/c1-38-21(41-23(32)33)17(28)19(36-38)9-5-15(11(26)7-13(9)30)43-45(40,4-3-25)44-16-6-10(14(31)8-12(16)27)20-18(29)22(39(2)37-20)42-24(34)35/h3-8,23-24H,1-2H3. The van der Waals surface area contributed by atoms with Crippen LogP contribution in [0.25, 0.3) is 22.5 Å². The van der Waals surface area contributed by atoms with Gasteiger partial charge < -0.3 is 18.5 Å². The van der Waals surface area contributed by atoms with E-state index in [9.17, 15) is 30.9 Å². The minimum Gasteiger partial charge on any atom is -0.416 e. The predicted octanol–water partition coefficient (Wildman–Crippen LogP) is 9.94. The molecule has 0 amide bonds. The Kier molecular flexibility index (Phi) is 10.7. The first-order chi connectivity index (χ1) is 21.0. The molecule has 9 nitrogen and oxygen atoms in total. The number of rotatable bonds is 11. The van der Waals surface area contributed by atoms with Crippen molar-refractivity contribution in [2.75, 3.05) is 0 Å². The third-order valence-electron chi connectivity index (χ3n) is 5.52. The zero-order chi connectivity index (χ0) is 33.4. The molecule has 0 saturated heterocycles. The highest BCUT2D eigenvalue weighted by Gasteiger charge is 2.31. The second kappa shape index (κ2) is 13.8. The second-order valence-electron chi connectivity index (χ2n) is 8.46. The normalized spacial score (nSPS) is 12.1. The monoisotopic (exact) mass is 758 g/mol. The van der Waals surface area contributed by atoms with Gasteiger partial charge in [-0.25, -0.2) is 22.7 Å². The van der Waals surface area contributed by atoms with Gasteiger partial charge in [0.25, 0.3) is 0 Å². The van der Waals surface area contributed by atoms with Crippen LogP contribution in [0.15, 0.2) is 35.6 Å². The summed E-state index contributed by atoms with van der Waals surface area (Å²) in [5, 5.41) is 5.89. The van der Waals surface area contributed by atoms with Crippen LogP contribution in [0.1, 0.15) is 0 Å². The molecule has 0 fully saturated rings. The highest BCUT2D eigenvalue weighted by Crippen LogP contribution is 2.54. The molecule has 45 heavy (non-hydrogen) atoms. The van der Waals surface area contributed by atoms with E-state index in [1.165, 1.54) is 14.1 Å². The van der Waals surface area contributed by atoms with Gasteiger partial charge in [-0.3, -0.25) is 0 Å². The van der Waals surface area contributed by atoms with E-state index in [2.05, 4.69) is 19.7 Å². The van der Waals surface area contributed by atoms with Gasteiger partial charge in [-0.1, -0.05) is 58.0 Å². The number of ether oxygens (including phenoxy) is 2. The van der Waals surface area contributed by atoms with E-state index >= 15 is 0 Å². The molecular weight excluding hydrogens is 747 g/mol. The lowest BCUT2D eigenvalue weighted by Crippen LogP contribution is -2.06. The zero-order valence-electron chi connectivity index (χ0n) is 22.1. The third kappa shape index (κ3) is 7.55. The first-order valence-corrected chi connectivity index (χ1v) is 15.2. The predicted molar refractivity (Wildman–Crippen MR) is 154 cm³/mol. The van der Waals surface area contributed by atoms with Crippen molar-refractivity contribution in [3.8, 4) is 45.8 Å². The summed E-state index contributed by atoms with van der Waals surface area (Å²) in [6.07, 6.45) is 0. The molecule has 4 rings (SSSR count). The fraction of sp³-hybridized carbons (Fsp3) is 0.167. The van der Waals surface area contributed by atoms with E-state index in [4.69, 9.17) is 67.1 Å². The summed E-state index contributed by atoms with van der Waals surface area (Å²) < 4.78 is 116. The molecule has 0 unspecified atom stereocenters. The quantitative estimate of drug-likeness (QED) is 0.111. The van der Waals surface area contributed by atoms with Crippen LogP contribution in [-0.2, 0) is 18.7 Å². The molecule has 242 valence electrons. The van der Waals surface area contributed by atoms with Crippen LogP contribution >= 0.6 is 65.6 Å². The average molecular weight is 761 g/mol. The smallest absolute Gasteiger partial charge is 0.416 e. The Labute approximate surface area is 274 Å². The van der Waals surface area contributed by atoms with Gasteiger partial charge in [0.1, 0.15) is 44.6 Å². The summed E-state index contributed by atoms with van der Waals surface area (Å²) in [5.41, 5.74) is -0.870. The van der Waals surface area contributed by atoms with Crippen molar-refractivity contribution in [1.29, 1.82) is 0 Å². The fourth-order valence-corrected chi connectivity index (χ4v) is 6.38. The van der Waals surface area contributed by atoms with Gasteiger partial charge in [0.15, 0.2) is 0 Å². The van der Waals surface area contributed by atoms with Crippen LogP contribution in [-0.4, -0.2) is 32.8 Å². The lowest BCUT2D eigenvalue weighted by Gasteiger charge is -2.19. The molecule has 0 radical (unpaired) electrons. The topological polar surface area (TPSA) is 89.6 Å². The van der Waals surface area contributed by atoms with Gasteiger partial charge >= 0.3 is 20.8 Å². The van der Waals surface area contributed by atoms with Crippen molar-refractivity contribution < 1.29 is 49.4 Å². The van der Waals surface area contributed by atoms with Crippen molar-refractivity contribution in [3.05, 3.63) is 67.3 Å². The van der Waals surface area contributed by atoms with Gasteiger partial charge in [0.05, 0.1) is 15.9 Å². The third-order valence-corrected chi connectivity index (χ3v) is 8.51. The van der Waals surface area contributed by atoms with E-state index < -0.39 is 86.9 Å². The summed E-state index contributed by atoms with van der Waals surface area (Å²) in [4.78, 5) is 0. The molecule has 0 N–H and O–H groups in total. The summed E-state index contributed by atoms with van der Waals surface area (Å²) in [6.45, 7) is -6.55. The molecule has 0 bridgehead atoms. The first-order valence-electron chi connectivity index (χ1n) is 11.7. The Bertz CT molecular complexity index is 1720. The van der Waals surface area contributed by atoms with E-state index in [0.717, 1.165) is 45.0 Å². The number of hydrogen-bond donors (Lipinski definition) is 0. The van der Waals surface area contributed by atoms with Crippen LogP contribution in [0.2, 0.25) is 20.1 Å². The van der Waals surface area contributed by atoms with E-state index in [-0.39, 0.29) is 11.4 Å². The second-order valence-corrected chi connectivity index (χ2v) is 12.0. The largest absolute Gasteiger partial charge is 0.456 e. The summed E-state index contributed by atoms with van der Waals surface area (Å²) >= 11 is 30.1. The lowest BCUT2D eigenvalue weighted by atomic mass is 10.1. The molecule has 21 heteroatoms. The van der Waals surface area contributed by atoms with E-state index in [1.54, 1.807) is 0 Å². The Morgan fingerprint density at radius 3 is 1.47 bits per heavy atom. The molecule has 0 atom stereocenters. The molecule has 2 heterocycles. The number of aryl methyl sites for hydroxylation is 2. The number of halogens is 11. The maximum atomic E-state index is 15.0. The maximum Gasteiger partial charge on any atom is 0.456 e. The minimum absolute atomic E-state index is 0.369. The van der Waals surface area contributed by atoms with Gasteiger partial charge in [0.2, 0.25) is 11.8 Å². The van der Waals surface area contributed by atoms with Crippen LogP contribution < -0.4 is 18.5 Å². The number of nitrogens with zero attached hydrogens (tertiary/aromatic N) is 4. The van der Waals surface area contributed by atoms with Crippen LogP contribution in [0.5, 0.6) is 23.3 Å². The Morgan fingerprint density at radius 1 is 0.756 bits per heavy atom.